The number of hydrogen-bond donors (Lipinski definition) is 0. The third kappa shape index (κ3) is 2.07. The average molecular weight is 292 g/mol. The SMILES string of the molecule is CC(=O)OC1C(=O)CCC23OC2CCC(C)C3(C)C=C1C. The van der Waals surface area contributed by atoms with Gasteiger partial charge in [-0.2, -0.15) is 0 Å². The van der Waals surface area contributed by atoms with E-state index in [2.05, 4.69) is 19.9 Å². The lowest BCUT2D eigenvalue weighted by atomic mass is 9.58. The summed E-state index contributed by atoms with van der Waals surface area (Å²) >= 11 is 0. The summed E-state index contributed by atoms with van der Waals surface area (Å²) in [5.41, 5.74) is 0.585. The summed E-state index contributed by atoms with van der Waals surface area (Å²) in [6, 6.07) is 0. The Balaban J connectivity index is 2.00. The van der Waals surface area contributed by atoms with Gasteiger partial charge < -0.3 is 9.47 Å². The molecule has 4 nitrogen and oxygen atoms in total. The van der Waals surface area contributed by atoms with Crippen LogP contribution in [0, 0.1) is 11.3 Å². The smallest absolute Gasteiger partial charge is 0.303 e. The first-order valence-electron chi connectivity index (χ1n) is 7.87. The summed E-state index contributed by atoms with van der Waals surface area (Å²) in [6.45, 7) is 7.74. The number of rotatable bonds is 1. The fourth-order valence-corrected chi connectivity index (χ4v) is 4.42. The van der Waals surface area contributed by atoms with Crippen LogP contribution in [0.4, 0.5) is 0 Å². The first-order chi connectivity index (χ1) is 9.80. The monoisotopic (exact) mass is 292 g/mol. The molecule has 2 aliphatic carbocycles. The number of epoxide rings is 1. The van der Waals surface area contributed by atoms with E-state index in [1.54, 1.807) is 0 Å². The minimum atomic E-state index is -0.719. The van der Waals surface area contributed by atoms with Crippen molar-refractivity contribution in [1.29, 1.82) is 0 Å². The van der Waals surface area contributed by atoms with Gasteiger partial charge in [-0.3, -0.25) is 9.59 Å². The molecule has 0 radical (unpaired) electrons. The molecule has 0 amide bonds. The third-order valence-corrected chi connectivity index (χ3v) is 5.87. The highest BCUT2D eigenvalue weighted by Crippen LogP contribution is 2.64. The van der Waals surface area contributed by atoms with Crippen molar-refractivity contribution in [3.05, 3.63) is 11.6 Å². The van der Waals surface area contributed by atoms with Crippen LogP contribution in [0.25, 0.3) is 0 Å². The molecule has 3 rings (SSSR count). The number of carbonyl (C=O) groups excluding carboxylic acids is 2. The highest BCUT2D eigenvalue weighted by molar-refractivity contribution is 5.88. The quantitative estimate of drug-likeness (QED) is 0.423. The topological polar surface area (TPSA) is 55.9 Å². The summed E-state index contributed by atoms with van der Waals surface area (Å²) in [5.74, 6) is 0.0824. The van der Waals surface area contributed by atoms with Crippen molar-refractivity contribution in [2.75, 3.05) is 0 Å². The van der Waals surface area contributed by atoms with Gasteiger partial charge in [-0.05, 0) is 37.7 Å². The van der Waals surface area contributed by atoms with Gasteiger partial charge in [0.05, 0.1) is 6.10 Å². The second-order valence-corrected chi connectivity index (χ2v) is 7.10. The van der Waals surface area contributed by atoms with Crippen LogP contribution in [0.3, 0.4) is 0 Å². The molecule has 0 aromatic carbocycles. The van der Waals surface area contributed by atoms with Crippen molar-refractivity contribution >= 4 is 11.8 Å². The average Bonchev–Trinajstić information content (AvgIpc) is 3.13. The van der Waals surface area contributed by atoms with Crippen LogP contribution in [-0.4, -0.2) is 29.6 Å². The van der Waals surface area contributed by atoms with Crippen LogP contribution in [0.15, 0.2) is 11.6 Å². The van der Waals surface area contributed by atoms with E-state index < -0.39 is 12.1 Å². The van der Waals surface area contributed by atoms with E-state index in [-0.39, 0.29) is 16.8 Å². The molecular formula is C17H24O4. The van der Waals surface area contributed by atoms with Crippen LogP contribution < -0.4 is 0 Å². The van der Waals surface area contributed by atoms with E-state index in [0.29, 0.717) is 18.4 Å². The Hall–Kier alpha value is -1.16. The minimum absolute atomic E-state index is 0.0112. The minimum Gasteiger partial charge on any atom is -0.450 e. The van der Waals surface area contributed by atoms with Gasteiger partial charge in [-0.1, -0.05) is 19.9 Å². The Morgan fingerprint density at radius 1 is 1.43 bits per heavy atom. The molecule has 1 saturated heterocycles. The number of esters is 1. The van der Waals surface area contributed by atoms with E-state index in [1.165, 1.54) is 6.92 Å². The molecule has 0 aromatic heterocycles. The van der Waals surface area contributed by atoms with Gasteiger partial charge in [0, 0.05) is 18.8 Å². The number of Topliss-reactive ketones (excluding diaryl/α,β-unsaturated/α-hetero) is 1. The van der Waals surface area contributed by atoms with Gasteiger partial charge in [0.2, 0.25) is 0 Å². The summed E-state index contributed by atoms with van der Waals surface area (Å²) < 4.78 is 11.3. The van der Waals surface area contributed by atoms with Crippen molar-refractivity contribution in [2.45, 2.75) is 71.2 Å². The Morgan fingerprint density at radius 3 is 2.81 bits per heavy atom. The molecule has 1 saturated carbocycles. The third-order valence-electron chi connectivity index (χ3n) is 5.87. The zero-order valence-electron chi connectivity index (χ0n) is 13.3. The van der Waals surface area contributed by atoms with E-state index in [9.17, 15) is 9.59 Å². The van der Waals surface area contributed by atoms with Gasteiger partial charge in [-0.25, -0.2) is 0 Å². The van der Waals surface area contributed by atoms with Crippen molar-refractivity contribution in [1.82, 2.24) is 0 Å². The fourth-order valence-electron chi connectivity index (χ4n) is 4.42. The standard InChI is InChI=1S/C17H24O4/c1-10-9-16(4)11(2)5-6-14-17(16,21-14)8-7-13(19)15(10)20-12(3)18/h9,11,14-15H,5-8H2,1-4H3. The molecule has 0 aromatic rings. The molecule has 5 atom stereocenters. The van der Waals surface area contributed by atoms with E-state index in [1.807, 2.05) is 6.92 Å². The lowest BCUT2D eigenvalue weighted by molar-refractivity contribution is -0.151. The molecule has 5 unspecified atom stereocenters. The first-order valence-corrected chi connectivity index (χ1v) is 7.87. The summed E-state index contributed by atoms with van der Waals surface area (Å²) in [7, 11) is 0. The molecule has 2 fully saturated rings. The molecule has 4 heteroatoms. The maximum absolute atomic E-state index is 12.4. The summed E-state index contributed by atoms with van der Waals surface area (Å²) in [4.78, 5) is 23.6. The number of ketones is 1. The Labute approximate surface area is 125 Å². The van der Waals surface area contributed by atoms with Crippen molar-refractivity contribution in [2.24, 2.45) is 11.3 Å². The van der Waals surface area contributed by atoms with Gasteiger partial charge in [0.15, 0.2) is 11.9 Å². The van der Waals surface area contributed by atoms with Crippen LogP contribution in [0.2, 0.25) is 0 Å². The lowest BCUT2D eigenvalue weighted by Crippen LogP contribution is -2.47. The largest absolute Gasteiger partial charge is 0.450 e. The van der Waals surface area contributed by atoms with Gasteiger partial charge >= 0.3 is 5.97 Å². The zero-order valence-corrected chi connectivity index (χ0v) is 13.3. The number of ether oxygens (including phenoxy) is 2. The van der Waals surface area contributed by atoms with Gasteiger partial charge in [0.1, 0.15) is 5.60 Å². The molecule has 3 aliphatic rings. The Morgan fingerprint density at radius 2 is 2.14 bits per heavy atom. The lowest BCUT2D eigenvalue weighted by Gasteiger charge is -2.44. The number of hydrogen-bond acceptors (Lipinski definition) is 4. The van der Waals surface area contributed by atoms with E-state index in [4.69, 9.17) is 9.47 Å². The highest BCUT2D eigenvalue weighted by Gasteiger charge is 2.69. The maximum atomic E-state index is 12.4. The molecule has 0 bridgehead atoms. The first kappa shape index (κ1) is 14.8. The summed E-state index contributed by atoms with van der Waals surface area (Å²) in [6.07, 6.45) is 5.11. The predicted octanol–water partition coefficient (Wildman–Crippen LogP) is 2.80. The molecule has 1 aliphatic heterocycles. The second kappa shape index (κ2) is 4.67. The fraction of sp³-hybridized carbons (Fsp3) is 0.765. The second-order valence-electron chi connectivity index (χ2n) is 7.10. The molecular weight excluding hydrogens is 268 g/mol. The normalized spacial score (nSPS) is 45.6. The molecule has 1 heterocycles. The van der Waals surface area contributed by atoms with Gasteiger partial charge in [0.25, 0.3) is 0 Å². The molecule has 0 N–H and O–H groups in total. The van der Waals surface area contributed by atoms with Crippen LogP contribution in [0.5, 0.6) is 0 Å². The Kier molecular flexibility index (Phi) is 3.28. The van der Waals surface area contributed by atoms with Crippen molar-refractivity contribution < 1.29 is 19.1 Å². The van der Waals surface area contributed by atoms with Crippen LogP contribution in [-0.2, 0) is 19.1 Å². The van der Waals surface area contributed by atoms with E-state index >= 15 is 0 Å². The molecule has 21 heavy (non-hydrogen) atoms. The summed E-state index contributed by atoms with van der Waals surface area (Å²) in [5, 5.41) is 0. The maximum Gasteiger partial charge on any atom is 0.303 e. The molecule has 1 spiro atoms. The van der Waals surface area contributed by atoms with Crippen molar-refractivity contribution in [3.63, 3.8) is 0 Å². The highest BCUT2D eigenvalue weighted by atomic mass is 16.6. The molecule has 116 valence electrons. The number of carbonyl (C=O) groups is 2. The zero-order chi connectivity index (χ0) is 15.4. The predicted molar refractivity (Wildman–Crippen MR) is 77.7 cm³/mol. The van der Waals surface area contributed by atoms with Gasteiger partial charge in [-0.15, -0.1) is 0 Å². The van der Waals surface area contributed by atoms with Crippen molar-refractivity contribution in [3.8, 4) is 0 Å². The van der Waals surface area contributed by atoms with Crippen LogP contribution >= 0.6 is 0 Å². The van der Waals surface area contributed by atoms with Crippen LogP contribution in [0.1, 0.15) is 53.4 Å². The van der Waals surface area contributed by atoms with E-state index in [0.717, 1.165) is 24.8 Å². The Bertz CT molecular complexity index is 523.